The maximum absolute atomic E-state index is 8.61. The van der Waals surface area contributed by atoms with Gasteiger partial charge in [0.15, 0.2) is 0 Å². The Labute approximate surface area is 81.5 Å². The van der Waals surface area contributed by atoms with Gasteiger partial charge >= 0.3 is 0 Å². The maximum atomic E-state index is 8.61. The van der Waals surface area contributed by atoms with Crippen molar-refractivity contribution in [3.05, 3.63) is 0 Å². The third-order valence-corrected chi connectivity index (χ3v) is 2.81. The summed E-state index contributed by atoms with van der Waals surface area (Å²) in [5.41, 5.74) is 0. The summed E-state index contributed by atoms with van der Waals surface area (Å²) < 4.78 is 0. The molecule has 13 heavy (non-hydrogen) atoms. The SMILES string of the molecule is CCCCN1CCCC(CC#N)C1. The first-order valence-electron chi connectivity index (χ1n) is 5.46. The van der Waals surface area contributed by atoms with Crippen LogP contribution < -0.4 is 0 Å². The molecule has 0 amide bonds. The third kappa shape index (κ3) is 3.78. The summed E-state index contributed by atoms with van der Waals surface area (Å²) in [5.74, 6) is 0.649. The van der Waals surface area contributed by atoms with E-state index in [0.717, 1.165) is 13.0 Å². The molecule has 1 heterocycles. The zero-order valence-electron chi connectivity index (χ0n) is 8.63. The van der Waals surface area contributed by atoms with E-state index in [2.05, 4.69) is 17.9 Å². The van der Waals surface area contributed by atoms with Gasteiger partial charge in [0.05, 0.1) is 6.07 Å². The molecule has 1 atom stereocenters. The van der Waals surface area contributed by atoms with Gasteiger partial charge in [-0.05, 0) is 38.3 Å². The van der Waals surface area contributed by atoms with E-state index >= 15 is 0 Å². The number of nitrogens with zero attached hydrogens (tertiary/aromatic N) is 2. The van der Waals surface area contributed by atoms with Gasteiger partial charge in [-0.3, -0.25) is 0 Å². The molecular formula is C11H20N2. The molecule has 74 valence electrons. The second-order valence-electron chi connectivity index (χ2n) is 4.02. The normalized spacial score (nSPS) is 24.2. The Morgan fingerprint density at radius 1 is 1.54 bits per heavy atom. The third-order valence-electron chi connectivity index (χ3n) is 2.81. The van der Waals surface area contributed by atoms with Gasteiger partial charge in [0.1, 0.15) is 0 Å². The van der Waals surface area contributed by atoms with Crippen LogP contribution in [0.1, 0.15) is 39.0 Å². The minimum absolute atomic E-state index is 0.649. The fourth-order valence-corrected chi connectivity index (χ4v) is 2.03. The molecule has 0 radical (unpaired) electrons. The number of nitriles is 1. The van der Waals surface area contributed by atoms with E-state index < -0.39 is 0 Å². The summed E-state index contributed by atoms with van der Waals surface area (Å²) in [4.78, 5) is 2.52. The van der Waals surface area contributed by atoms with Gasteiger partial charge in [0.2, 0.25) is 0 Å². The van der Waals surface area contributed by atoms with E-state index in [9.17, 15) is 0 Å². The highest BCUT2D eigenvalue weighted by atomic mass is 15.1. The number of likely N-dealkylation sites (tertiary alicyclic amines) is 1. The van der Waals surface area contributed by atoms with Crippen molar-refractivity contribution >= 4 is 0 Å². The van der Waals surface area contributed by atoms with E-state index in [0.29, 0.717) is 5.92 Å². The van der Waals surface area contributed by atoms with Crippen molar-refractivity contribution in [2.75, 3.05) is 19.6 Å². The number of hydrogen-bond acceptors (Lipinski definition) is 2. The van der Waals surface area contributed by atoms with Crippen LogP contribution in [0.15, 0.2) is 0 Å². The van der Waals surface area contributed by atoms with E-state index in [4.69, 9.17) is 5.26 Å². The zero-order valence-corrected chi connectivity index (χ0v) is 8.63. The Bertz CT molecular complexity index is 171. The number of rotatable bonds is 4. The van der Waals surface area contributed by atoms with Crippen LogP contribution in [0.5, 0.6) is 0 Å². The summed E-state index contributed by atoms with van der Waals surface area (Å²) in [7, 11) is 0. The molecule has 0 N–H and O–H groups in total. The average Bonchev–Trinajstić information content (AvgIpc) is 2.16. The maximum Gasteiger partial charge on any atom is 0.0625 e. The van der Waals surface area contributed by atoms with E-state index in [1.54, 1.807) is 0 Å². The Kier molecular flexibility index (Phi) is 4.85. The molecule has 2 heteroatoms. The van der Waals surface area contributed by atoms with Crippen LogP contribution in [0.4, 0.5) is 0 Å². The van der Waals surface area contributed by atoms with E-state index in [1.807, 2.05) is 0 Å². The van der Waals surface area contributed by atoms with Crippen molar-refractivity contribution in [2.24, 2.45) is 5.92 Å². The van der Waals surface area contributed by atoms with Gasteiger partial charge in [-0.25, -0.2) is 0 Å². The van der Waals surface area contributed by atoms with Gasteiger partial charge in [0.25, 0.3) is 0 Å². The fourth-order valence-electron chi connectivity index (χ4n) is 2.03. The van der Waals surface area contributed by atoms with Crippen LogP contribution >= 0.6 is 0 Å². The lowest BCUT2D eigenvalue weighted by Crippen LogP contribution is -2.35. The summed E-state index contributed by atoms with van der Waals surface area (Å²) in [5, 5.41) is 8.61. The van der Waals surface area contributed by atoms with Crippen LogP contribution in [-0.2, 0) is 0 Å². The van der Waals surface area contributed by atoms with Crippen LogP contribution in [0.3, 0.4) is 0 Å². The Morgan fingerprint density at radius 3 is 3.08 bits per heavy atom. The Hall–Kier alpha value is -0.550. The smallest absolute Gasteiger partial charge is 0.0625 e. The van der Waals surface area contributed by atoms with Gasteiger partial charge in [0, 0.05) is 13.0 Å². The van der Waals surface area contributed by atoms with E-state index in [1.165, 1.54) is 38.8 Å². The zero-order chi connectivity index (χ0) is 9.52. The van der Waals surface area contributed by atoms with Crippen molar-refractivity contribution < 1.29 is 0 Å². The Balaban J connectivity index is 2.21. The highest BCUT2D eigenvalue weighted by molar-refractivity contribution is 4.81. The lowest BCUT2D eigenvalue weighted by atomic mass is 9.95. The molecule has 2 nitrogen and oxygen atoms in total. The van der Waals surface area contributed by atoms with Crippen molar-refractivity contribution in [1.29, 1.82) is 5.26 Å². The standard InChI is InChI=1S/C11H20N2/c1-2-3-8-13-9-4-5-11(10-13)6-7-12/h11H,2-6,8-10H2,1H3. The molecule has 1 fully saturated rings. The largest absolute Gasteiger partial charge is 0.303 e. The highest BCUT2D eigenvalue weighted by Gasteiger charge is 2.18. The summed E-state index contributed by atoms with van der Waals surface area (Å²) in [6.07, 6.45) is 5.88. The molecule has 0 aromatic heterocycles. The minimum atomic E-state index is 0.649. The molecule has 0 spiro atoms. The molecule has 1 rings (SSSR count). The minimum Gasteiger partial charge on any atom is -0.303 e. The topological polar surface area (TPSA) is 27.0 Å². The van der Waals surface area contributed by atoms with Crippen molar-refractivity contribution in [2.45, 2.75) is 39.0 Å². The molecule has 1 aliphatic heterocycles. The first-order chi connectivity index (χ1) is 6.36. The second kappa shape index (κ2) is 5.99. The number of hydrogen-bond donors (Lipinski definition) is 0. The van der Waals surface area contributed by atoms with Gasteiger partial charge in [-0.15, -0.1) is 0 Å². The Morgan fingerprint density at radius 2 is 2.38 bits per heavy atom. The quantitative estimate of drug-likeness (QED) is 0.664. The molecule has 1 aliphatic rings. The van der Waals surface area contributed by atoms with Gasteiger partial charge in [-0.2, -0.15) is 5.26 Å². The first kappa shape index (κ1) is 10.5. The average molecular weight is 180 g/mol. The molecule has 0 aliphatic carbocycles. The lowest BCUT2D eigenvalue weighted by Gasteiger charge is -2.31. The number of unbranched alkanes of at least 4 members (excludes halogenated alkanes) is 1. The van der Waals surface area contributed by atoms with Crippen LogP contribution in [0, 0.1) is 17.2 Å². The summed E-state index contributed by atoms with van der Waals surface area (Å²) in [6, 6.07) is 2.29. The van der Waals surface area contributed by atoms with Crippen LogP contribution in [0.2, 0.25) is 0 Å². The second-order valence-corrected chi connectivity index (χ2v) is 4.02. The van der Waals surface area contributed by atoms with Crippen molar-refractivity contribution in [3.63, 3.8) is 0 Å². The molecular weight excluding hydrogens is 160 g/mol. The molecule has 0 bridgehead atoms. The molecule has 1 saturated heterocycles. The van der Waals surface area contributed by atoms with Gasteiger partial charge in [-0.1, -0.05) is 13.3 Å². The van der Waals surface area contributed by atoms with Crippen LogP contribution in [0.25, 0.3) is 0 Å². The highest BCUT2D eigenvalue weighted by Crippen LogP contribution is 2.19. The molecule has 0 aromatic carbocycles. The van der Waals surface area contributed by atoms with Crippen LogP contribution in [-0.4, -0.2) is 24.5 Å². The van der Waals surface area contributed by atoms with Crippen molar-refractivity contribution in [1.82, 2.24) is 4.90 Å². The number of piperidine rings is 1. The van der Waals surface area contributed by atoms with Gasteiger partial charge < -0.3 is 4.90 Å². The summed E-state index contributed by atoms with van der Waals surface area (Å²) >= 11 is 0. The molecule has 0 aromatic rings. The summed E-state index contributed by atoms with van der Waals surface area (Å²) in [6.45, 7) is 5.88. The van der Waals surface area contributed by atoms with Crippen molar-refractivity contribution in [3.8, 4) is 6.07 Å². The lowest BCUT2D eigenvalue weighted by molar-refractivity contribution is 0.174. The predicted octanol–water partition coefficient (Wildman–Crippen LogP) is 2.41. The fraction of sp³-hybridized carbons (Fsp3) is 0.909. The monoisotopic (exact) mass is 180 g/mol. The van der Waals surface area contributed by atoms with E-state index in [-0.39, 0.29) is 0 Å². The molecule has 1 unspecified atom stereocenters. The predicted molar refractivity (Wildman–Crippen MR) is 54.3 cm³/mol. The first-order valence-corrected chi connectivity index (χ1v) is 5.46. The molecule has 0 saturated carbocycles.